The molecule has 1 fully saturated rings. The fourth-order valence-corrected chi connectivity index (χ4v) is 4.88. The Bertz CT molecular complexity index is 1080. The molecule has 1 aliphatic rings. The van der Waals surface area contributed by atoms with Gasteiger partial charge in [-0.15, -0.1) is 11.3 Å². The lowest BCUT2D eigenvalue weighted by atomic mass is 9.88. The Morgan fingerprint density at radius 2 is 1.73 bits per heavy atom. The summed E-state index contributed by atoms with van der Waals surface area (Å²) in [6.45, 7) is 0.505. The first-order chi connectivity index (χ1) is 16.0. The Kier molecular flexibility index (Phi) is 7.40. The molecule has 172 valence electrons. The zero-order chi connectivity index (χ0) is 23.2. The maximum absolute atomic E-state index is 13.3. The minimum Gasteiger partial charge on any atom is -0.375 e. The van der Waals surface area contributed by atoms with Gasteiger partial charge in [0.25, 0.3) is 0 Å². The molecule has 0 aliphatic heterocycles. The third-order valence-electron chi connectivity index (χ3n) is 6.25. The van der Waals surface area contributed by atoms with Crippen molar-refractivity contribution in [2.45, 2.75) is 38.6 Å². The summed E-state index contributed by atoms with van der Waals surface area (Å²) < 4.78 is 0. The van der Waals surface area contributed by atoms with Crippen LogP contribution in [-0.4, -0.2) is 35.3 Å². The summed E-state index contributed by atoms with van der Waals surface area (Å²) >= 11 is 1.40. The molecule has 2 amide bonds. The third kappa shape index (κ3) is 5.79. The molecule has 3 aromatic rings. The highest BCUT2D eigenvalue weighted by Crippen LogP contribution is 2.27. The van der Waals surface area contributed by atoms with Gasteiger partial charge in [-0.1, -0.05) is 61.7 Å². The van der Waals surface area contributed by atoms with Crippen molar-refractivity contribution in [2.24, 2.45) is 5.92 Å². The number of hydrogen-bond acceptors (Lipinski definition) is 5. The van der Waals surface area contributed by atoms with Gasteiger partial charge in [-0.3, -0.25) is 9.59 Å². The summed E-state index contributed by atoms with van der Waals surface area (Å²) in [5.74, 6) is 0.00270. The van der Waals surface area contributed by atoms with Crippen molar-refractivity contribution in [3.63, 3.8) is 0 Å². The number of benzene rings is 2. The Balaban J connectivity index is 1.47. The third-order valence-corrected chi connectivity index (χ3v) is 6.93. The van der Waals surface area contributed by atoms with Crippen LogP contribution in [0.4, 0.5) is 10.8 Å². The van der Waals surface area contributed by atoms with Crippen LogP contribution in [0.3, 0.4) is 0 Å². The number of nitrogens with two attached hydrogens (primary N) is 1. The van der Waals surface area contributed by atoms with Gasteiger partial charge in [0.2, 0.25) is 11.8 Å². The quantitative estimate of drug-likeness (QED) is 0.538. The highest BCUT2D eigenvalue weighted by molar-refractivity contribution is 7.13. The predicted octanol–water partition coefficient (Wildman–Crippen LogP) is 4.96. The first kappa shape index (κ1) is 23.0. The molecule has 6 nitrogen and oxygen atoms in total. The van der Waals surface area contributed by atoms with E-state index in [4.69, 9.17) is 5.73 Å². The van der Waals surface area contributed by atoms with Crippen LogP contribution in [0.2, 0.25) is 0 Å². The average Bonchev–Trinajstić information content (AvgIpc) is 3.30. The van der Waals surface area contributed by atoms with Gasteiger partial charge in [-0.05, 0) is 30.5 Å². The number of hydrogen-bond donors (Lipinski definition) is 1. The van der Waals surface area contributed by atoms with E-state index in [2.05, 4.69) is 4.98 Å². The minimum atomic E-state index is -0.110. The van der Waals surface area contributed by atoms with Crippen LogP contribution in [0.1, 0.15) is 37.7 Å². The fourth-order valence-electron chi connectivity index (χ4n) is 4.31. The molecule has 2 aromatic carbocycles. The van der Waals surface area contributed by atoms with E-state index in [1.54, 1.807) is 16.8 Å². The molecule has 1 heterocycles. The van der Waals surface area contributed by atoms with Gasteiger partial charge >= 0.3 is 0 Å². The van der Waals surface area contributed by atoms with Crippen LogP contribution in [0.15, 0.2) is 60.0 Å². The summed E-state index contributed by atoms with van der Waals surface area (Å²) in [5.41, 5.74) is 9.32. The molecule has 0 saturated heterocycles. The smallest absolute Gasteiger partial charge is 0.246 e. The standard InChI is InChI=1S/C26H30N4O2S/c1-29(22-14-12-20(13-15-22)23-18-33-26(27)28-23)24(31)17-30(16-19-8-4-2-5-9-19)25(32)21-10-6-3-7-11-21/h2,4-5,8-9,12-15,18,21H,3,6-7,10-11,16-17H2,1H3,(H2,27,28). The van der Waals surface area contributed by atoms with Gasteiger partial charge in [-0.2, -0.15) is 0 Å². The van der Waals surface area contributed by atoms with Gasteiger partial charge in [0.05, 0.1) is 5.69 Å². The number of nitrogens with zero attached hydrogens (tertiary/aromatic N) is 3. The molecule has 0 atom stereocenters. The minimum absolute atomic E-state index is 0.0189. The number of nitrogen functional groups attached to an aromatic ring is 1. The monoisotopic (exact) mass is 462 g/mol. The number of carbonyl (C=O) groups excluding carboxylic acids is 2. The second-order valence-electron chi connectivity index (χ2n) is 8.59. The predicted molar refractivity (Wildman–Crippen MR) is 134 cm³/mol. The van der Waals surface area contributed by atoms with Crippen LogP contribution in [0.5, 0.6) is 0 Å². The number of likely N-dealkylation sites (N-methyl/N-ethyl adjacent to an activating group) is 1. The summed E-state index contributed by atoms with van der Waals surface area (Å²) in [6, 6.07) is 17.5. The Labute approximate surface area is 199 Å². The van der Waals surface area contributed by atoms with Crippen LogP contribution in [0, 0.1) is 5.92 Å². The van der Waals surface area contributed by atoms with Crippen LogP contribution >= 0.6 is 11.3 Å². The van der Waals surface area contributed by atoms with Gasteiger partial charge in [-0.25, -0.2) is 4.98 Å². The summed E-state index contributed by atoms with van der Waals surface area (Å²) in [5, 5.41) is 2.44. The van der Waals surface area contributed by atoms with E-state index in [0.717, 1.165) is 48.2 Å². The van der Waals surface area contributed by atoms with Gasteiger partial charge < -0.3 is 15.5 Å². The lowest BCUT2D eigenvalue weighted by molar-refractivity contribution is -0.140. The molecule has 0 unspecified atom stereocenters. The highest BCUT2D eigenvalue weighted by Gasteiger charge is 2.28. The molecule has 0 bridgehead atoms. The van der Waals surface area contributed by atoms with E-state index in [0.29, 0.717) is 11.7 Å². The molecule has 0 spiro atoms. The Morgan fingerprint density at radius 1 is 1.03 bits per heavy atom. The van der Waals surface area contributed by atoms with Crippen LogP contribution in [0.25, 0.3) is 11.3 Å². The fraction of sp³-hybridized carbons (Fsp3) is 0.346. The molecule has 0 radical (unpaired) electrons. The summed E-state index contributed by atoms with van der Waals surface area (Å²) in [7, 11) is 1.75. The SMILES string of the molecule is CN(C(=O)CN(Cc1ccccc1)C(=O)C1CCCCC1)c1ccc(-c2csc(N)n2)cc1. The van der Waals surface area contributed by atoms with E-state index >= 15 is 0 Å². The molecule has 4 rings (SSSR count). The first-order valence-corrected chi connectivity index (χ1v) is 12.3. The molecule has 2 N–H and O–H groups in total. The second-order valence-corrected chi connectivity index (χ2v) is 9.48. The topological polar surface area (TPSA) is 79.5 Å². The maximum atomic E-state index is 13.3. The summed E-state index contributed by atoms with van der Waals surface area (Å²) in [6.07, 6.45) is 5.18. The van der Waals surface area contributed by atoms with E-state index in [1.807, 2.05) is 60.0 Å². The Hall–Kier alpha value is -3.19. The molecule has 1 aliphatic carbocycles. The highest BCUT2D eigenvalue weighted by atomic mass is 32.1. The molecular weight excluding hydrogens is 432 g/mol. The first-order valence-electron chi connectivity index (χ1n) is 11.4. The summed E-state index contributed by atoms with van der Waals surface area (Å²) in [4.78, 5) is 34.2. The number of amides is 2. The van der Waals surface area contributed by atoms with Gasteiger partial charge in [0.15, 0.2) is 5.13 Å². The Morgan fingerprint density at radius 3 is 2.36 bits per heavy atom. The number of carbonyl (C=O) groups is 2. The number of rotatable bonds is 7. The zero-order valence-corrected chi connectivity index (χ0v) is 19.8. The lowest BCUT2D eigenvalue weighted by Crippen LogP contribution is -2.44. The van der Waals surface area contributed by atoms with E-state index < -0.39 is 0 Å². The normalized spacial score (nSPS) is 14.1. The molecule has 33 heavy (non-hydrogen) atoms. The van der Waals surface area contributed by atoms with Crippen molar-refractivity contribution < 1.29 is 9.59 Å². The van der Waals surface area contributed by atoms with Crippen LogP contribution < -0.4 is 10.6 Å². The largest absolute Gasteiger partial charge is 0.375 e. The molecule has 1 aromatic heterocycles. The lowest BCUT2D eigenvalue weighted by Gasteiger charge is -2.30. The van der Waals surface area contributed by atoms with Crippen molar-refractivity contribution in [1.82, 2.24) is 9.88 Å². The number of thiazole rings is 1. The van der Waals surface area contributed by atoms with Crippen molar-refractivity contribution in [3.05, 3.63) is 65.5 Å². The van der Waals surface area contributed by atoms with Crippen molar-refractivity contribution in [3.8, 4) is 11.3 Å². The average molecular weight is 463 g/mol. The van der Waals surface area contributed by atoms with Gasteiger partial charge in [0, 0.05) is 36.1 Å². The van der Waals surface area contributed by atoms with Crippen molar-refractivity contribution in [2.75, 3.05) is 24.2 Å². The van der Waals surface area contributed by atoms with E-state index in [9.17, 15) is 9.59 Å². The second kappa shape index (κ2) is 10.6. The van der Waals surface area contributed by atoms with Gasteiger partial charge in [0.1, 0.15) is 6.54 Å². The molecule has 7 heteroatoms. The molecule has 1 saturated carbocycles. The van der Waals surface area contributed by atoms with Crippen LogP contribution in [-0.2, 0) is 16.1 Å². The number of anilines is 2. The molecular formula is C26H30N4O2S. The van der Waals surface area contributed by atoms with Crippen molar-refractivity contribution >= 4 is 34.0 Å². The zero-order valence-electron chi connectivity index (χ0n) is 18.9. The van der Waals surface area contributed by atoms with E-state index in [1.165, 1.54) is 17.8 Å². The maximum Gasteiger partial charge on any atom is 0.246 e. The van der Waals surface area contributed by atoms with E-state index in [-0.39, 0.29) is 24.3 Å². The van der Waals surface area contributed by atoms with Crippen molar-refractivity contribution in [1.29, 1.82) is 0 Å². The number of aromatic nitrogens is 1.